The third-order valence-electron chi connectivity index (χ3n) is 3.49. The Morgan fingerprint density at radius 2 is 1.93 bits per heavy atom. The molecule has 1 unspecified atom stereocenters. The first-order chi connectivity index (χ1) is 6.61. The van der Waals surface area contributed by atoms with Crippen molar-refractivity contribution in [3.63, 3.8) is 0 Å². The lowest BCUT2D eigenvalue weighted by Crippen LogP contribution is -2.29. The van der Waals surface area contributed by atoms with Crippen molar-refractivity contribution in [3.8, 4) is 0 Å². The van der Waals surface area contributed by atoms with Gasteiger partial charge >= 0.3 is 0 Å². The van der Waals surface area contributed by atoms with Crippen molar-refractivity contribution in [1.82, 2.24) is 5.32 Å². The maximum absolute atomic E-state index is 3.53. The summed E-state index contributed by atoms with van der Waals surface area (Å²) in [4.78, 5) is 0. The van der Waals surface area contributed by atoms with E-state index in [0.29, 0.717) is 6.04 Å². The second kappa shape index (κ2) is 3.39. The summed E-state index contributed by atoms with van der Waals surface area (Å²) >= 11 is 0. The van der Waals surface area contributed by atoms with Gasteiger partial charge in [0.25, 0.3) is 0 Å². The molecule has 1 heteroatoms. The van der Waals surface area contributed by atoms with Crippen molar-refractivity contribution in [1.29, 1.82) is 0 Å². The fourth-order valence-corrected chi connectivity index (χ4v) is 2.60. The highest BCUT2D eigenvalue weighted by molar-refractivity contribution is 5.47. The molecule has 1 N–H and O–H groups in total. The van der Waals surface area contributed by atoms with Crippen LogP contribution in [0, 0.1) is 20.8 Å². The van der Waals surface area contributed by atoms with Crippen LogP contribution in [0.3, 0.4) is 0 Å². The predicted octanol–water partition coefficient (Wildman–Crippen LogP) is 2.82. The summed E-state index contributed by atoms with van der Waals surface area (Å²) in [5.41, 5.74) is 7.51. The maximum atomic E-state index is 3.53. The standard InChI is InChI=1S/C13H19N/c1-8-7-9(2)12-5-6-14-11(4)13(12)10(8)3/h7,11,14H,5-6H2,1-4H3. The lowest BCUT2D eigenvalue weighted by Gasteiger charge is -2.28. The van der Waals surface area contributed by atoms with E-state index in [1.807, 2.05) is 0 Å². The van der Waals surface area contributed by atoms with Crippen LogP contribution in [0.5, 0.6) is 0 Å². The normalized spacial score (nSPS) is 20.7. The molecule has 76 valence electrons. The highest BCUT2D eigenvalue weighted by Gasteiger charge is 2.20. The third-order valence-corrected chi connectivity index (χ3v) is 3.49. The summed E-state index contributed by atoms with van der Waals surface area (Å²) in [5.74, 6) is 0. The van der Waals surface area contributed by atoms with Crippen molar-refractivity contribution in [2.24, 2.45) is 0 Å². The predicted molar refractivity (Wildman–Crippen MR) is 60.8 cm³/mol. The third kappa shape index (κ3) is 1.36. The zero-order valence-electron chi connectivity index (χ0n) is 9.57. The van der Waals surface area contributed by atoms with E-state index in [4.69, 9.17) is 0 Å². The van der Waals surface area contributed by atoms with Crippen molar-refractivity contribution in [2.45, 2.75) is 40.2 Å². The van der Waals surface area contributed by atoms with Gasteiger partial charge in [0.05, 0.1) is 0 Å². The quantitative estimate of drug-likeness (QED) is 0.661. The van der Waals surface area contributed by atoms with Crippen LogP contribution in [0.25, 0.3) is 0 Å². The van der Waals surface area contributed by atoms with Gasteiger partial charge in [0, 0.05) is 6.04 Å². The van der Waals surface area contributed by atoms with Gasteiger partial charge in [-0.25, -0.2) is 0 Å². The molecule has 0 aliphatic carbocycles. The Bertz CT molecular complexity index is 366. The molecule has 1 aliphatic heterocycles. The molecular weight excluding hydrogens is 170 g/mol. The molecule has 1 atom stereocenters. The minimum absolute atomic E-state index is 0.525. The number of benzene rings is 1. The molecule has 1 aromatic rings. The average molecular weight is 189 g/mol. The minimum Gasteiger partial charge on any atom is -0.310 e. The van der Waals surface area contributed by atoms with E-state index >= 15 is 0 Å². The highest BCUT2D eigenvalue weighted by Crippen LogP contribution is 2.30. The van der Waals surface area contributed by atoms with E-state index < -0.39 is 0 Å². The molecule has 0 spiro atoms. The van der Waals surface area contributed by atoms with Crippen LogP contribution >= 0.6 is 0 Å². The summed E-state index contributed by atoms with van der Waals surface area (Å²) in [6, 6.07) is 2.85. The van der Waals surface area contributed by atoms with Gasteiger partial charge in [-0.2, -0.15) is 0 Å². The highest BCUT2D eigenvalue weighted by atomic mass is 14.9. The molecule has 0 fully saturated rings. The van der Waals surface area contributed by atoms with Gasteiger partial charge in [-0.05, 0) is 68.5 Å². The first-order valence-electron chi connectivity index (χ1n) is 5.44. The Kier molecular flexibility index (Phi) is 2.36. The first kappa shape index (κ1) is 9.72. The van der Waals surface area contributed by atoms with Crippen molar-refractivity contribution in [3.05, 3.63) is 33.9 Å². The van der Waals surface area contributed by atoms with Gasteiger partial charge < -0.3 is 5.32 Å². The molecule has 1 aromatic carbocycles. The van der Waals surface area contributed by atoms with Crippen LogP contribution in [0.15, 0.2) is 6.07 Å². The summed E-state index contributed by atoms with van der Waals surface area (Å²) in [5, 5.41) is 3.53. The molecule has 1 nitrogen and oxygen atoms in total. The van der Waals surface area contributed by atoms with Gasteiger partial charge in [0.2, 0.25) is 0 Å². The summed E-state index contributed by atoms with van der Waals surface area (Å²) in [6.07, 6.45) is 1.19. The molecule has 0 radical (unpaired) electrons. The van der Waals surface area contributed by atoms with Gasteiger partial charge in [-0.3, -0.25) is 0 Å². The van der Waals surface area contributed by atoms with Gasteiger partial charge in [-0.1, -0.05) is 6.07 Å². The van der Waals surface area contributed by atoms with E-state index in [2.05, 4.69) is 39.1 Å². The lowest BCUT2D eigenvalue weighted by atomic mass is 9.86. The second-order valence-electron chi connectivity index (χ2n) is 4.45. The van der Waals surface area contributed by atoms with E-state index in [1.165, 1.54) is 23.1 Å². The lowest BCUT2D eigenvalue weighted by molar-refractivity contribution is 0.536. The molecule has 2 rings (SSSR count). The molecule has 1 heterocycles. The van der Waals surface area contributed by atoms with Gasteiger partial charge in [-0.15, -0.1) is 0 Å². The number of aryl methyl sites for hydroxylation is 2. The van der Waals surface area contributed by atoms with Gasteiger partial charge in [0.1, 0.15) is 0 Å². The first-order valence-corrected chi connectivity index (χ1v) is 5.44. The zero-order valence-corrected chi connectivity index (χ0v) is 9.57. The molecule has 14 heavy (non-hydrogen) atoms. The number of nitrogens with one attached hydrogen (secondary N) is 1. The van der Waals surface area contributed by atoms with Crippen LogP contribution in [0.2, 0.25) is 0 Å². The Labute approximate surface area is 86.5 Å². The zero-order chi connectivity index (χ0) is 10.3. The number of rotatable bonds is 0. The van der Waals surface area contributed by atoms with Crippen LogP contribution < -0.4 is 5.32 Å². The monoisotopic (exact) mass is 189 g/mol. The molecule has 1 aliphatic rings. The fourth-order valence-electron chi connectivity index (χ4n) is 2.60. The fraction of sp³-hybridized carbons (Fsp3) is 0.538. The van der Waals surface area contributed by atoms with E-state index in [-0.39, 0.29) is 0 Å². The Morgan fingerprint density at radius 1 is 1.21 bits per heavy atom. The van der Waals surface area contributed by atoms with Crippen LogP contribution in [0.1, 0.15) is 40.8 Å². The van der Waals surface area contributed by atoms with Crippen molar-refractivity contribution < 1.29 is 0 Å². The van der Waals surface area contributed by atoms with Crippen LogP contribution in [0.4, 0.5) is 0 Å². The Balaban J connectivity index is 2.67. The Hall–Kier alpha value is -0.820. The molecule has 0 aromatic heterocycles. The number of hydrogen-bond acceptors (Lipinski definition) is 1. The van der Waals surface area contributed by atoms with Crippen molar-refractivity contribution >= 4 is 0 Å². The van der Waals surface area contributed by atoms with E-state index in [1.54, 1.807) is 11.1 Å². The molecule has 0 bridgehead atoms. The Morgan fingerprint density at radius 3 is 2.64 bits per heavy atom. The van der Waals surface area contributed by atoms with Crippen LogP contribution in [-0.4, -0.2) is 6.54 Å². The topological polar surface area (TPSA) is 12.0 Å². The second-order valence-corrected chi connectivity index (χ2v) is 4.45. The number of fused-ring (bicyclic) bond motifs is 1. The molecule has 0 saturated carbocycles. The average Bonchev–Trinajstić information content (AvgIpc) is 2.14. The number of hydrogen-bond donors (Lipinski definition) is 1. The molecule has 0 amide bonds. The SMILES string of the molecule is Cc1cc(C)c2c(c1C)C(C)NCC2. The summed E-state index contributed by atoms with van der Waals surface area (Å²) in [6.45, 7) is 10.1. The van der Waals surface area contributed by atoms with E-state index in [9.17, 15) is 0 Å². The van der Waals surface area contributed by atoms with Gasteiger partial charge in [0.15, 0.2) is 0 Å². The smallest absolute Gasteiger partial charge is 0.0297 e. The molecular formula is C13H19N. The van der Waals surface area contributed by atoms with Crippen LogP contribution in [-0.2, 0) is 6.42 Å². The van der Waals surface area contributed by atoms with E-state index in [0.717, 1.165) is 6.54 Å². The summed E-state index contributed by atoms with van der Waals surface area (Å²) < 4.78 is 0. The minimum atomic E-state index is 0.525. The summed E-state index contributed by atoms with van der Waals surface area (Å²) in [7, 11) is 0. The largest absolute Gasteiger partial charge is 0.310 e. The maximum Gasteiger partial charge on any atom is 0.0297 e. The molecule has 0 saturated heterocycles. The van der Waals surface area contributed by atoms with Crippen molar-refractivity contribution in [2.75, 3.05) is 6.54 Å².